The third-order valence-corrected chi connectivity index (χ3v) is 4.81. The Bertz CT molecular complexity index is 693. The summed E-state index contributed by atoms with van der Waals surface area (Å²) in [5, 5.41) is 7.96. The zero-order valence-corrected chi connectivity index (χ0v) is 13.6. The lowest BCUT2D eigenvalue weighted by Gasteiger charge is -2.13. The van der Waals surface area contributed by atoms with Crippen molar-refractivity contribution in [1.82, 2.24) is 5.32 Å². The third-order valence-electron chi connectivity index (χ3n) is 3.90. The summed E-state index contributed by atoms with van der Waals surface area (Å²) < 4.78 is 22.8. The van der Waals surface area contributed by atoms with Crippen molar-refractivity contribution < 1.29 is 13.2 Å². The van der Waals surface area contributed by atoms with Gasteiger partial charge in [-0.25, -0.2) is 13.6 Å². The average molecular weight is 322 g/mol. The Morgan fingerprint density at radius 3 is 2.73 bits per heavy atom. The summed E-state index contributed by atoms with van der Waals surface area (Å²) in [6.45, 7) is 2.33. The fraction of sp³-hybridized carbons (Fsp3) is 0.438. The molecule has 6 heteroatoms. The average Bonchev–Trinajstić information content (AvgIpc) is 2.47. The van der Waals surface area contributed by atoms with Crippen LogP contribution >= 0.6 is 0 Å². The molecule has 0 bridgehead atoms. The molecule has 0 radical (unpaired) electrons. The maximum Gasteiger partial charge on any atom is 0.251 e. The number of carbonyl (C=O) groups excluding carboxylic acids is 1. The molecule has 22 heavy (non-hydrogen) atoms. The number of nitrogens with two attached hydrogens (primary N) is 1. The topological polar surface area (TPSA) is 89.3 Å². The largest absolute Gasteiger partial charge is 0.352 e. The number of hydrogen-bond donors (Lipinski definition) is 2. The van der Waals surface area contributed by atoms with E-state index in [-0.39, 0.29) is 10.8 Å². The van der Waals surface area contributed by atoms with Crippen LogP contribution in [-0.2, 0) is 10.0 Å². The van der Waals surface area contributed by atoms with Gasteiger partial charge in [0.1, 0.15) is 0 Å². The predicted molar refractivity (Wildman–Crippen MR) is 86.1 cm³/mol. The predicted octanol–water partition coefficient (Wildman–Crippen LogP) is 2.26. The number of aryl methyl sites for hydroxylation is 1. The van der Waals surface area contributed by atoms with Crippen molar-refractivity contribution in [3.63, 3.8) is 0 Å². The van der Waals surface area contributed by atoms with Crippen LogP contribution in [0.2, 0.25) is 0 Å². The summed E-state index contributed by atoms with van der Waals surface area (Å²) in [6.07, 6.45) is 7.79. The Kier molecular flexibility index (Phi) is 5.37. The first-order chi connectivity index (χ1) is 10.4. The lowest BCUT2D eigenvalue weighted by Crippen LogP contribution is -2.26. The van der Waals surface area contributed by atoms with Crippen LogP contribution in [0.25, 0.3) is 0 Å². The van der Waals surface area contributed by atoms with E-state index in [9.17, 15) is 13.2 Å². The summed E-state index contributed by atoms with van der Waals surface area (Å²) >= 11 is 0. The highest BCUT2D eigenvalue weighted by atomic mass is 32.2. The molecule has 0 atom stereocenters. The number of carbonyl (C=O) groups is 1. The third kappa shape index (κ3) is 4.42. The molecular weight excluding hydrogens is 300 g/mol. The Morgan fingerprint density at radius 1 is 1.32 bits per heavy atom. The number of sulfonamides is 1. The van der Waals surface area contributed by atoms with Crippen molar-refractivity contribution >= 4 is 15.9 Å². The van der Waals surface area contributed by atoms with Gasteiger partial charge < -0.3 is 5.32 Å². The molecule has 2 rings (SSSR count). The van der Waals surface area contributed by atoms with Crippen molar-refractivity contribution in [2.45, 2.75) is 43.9 Å². The summed E-state index contributed by atoms with van der Waals surface area (Å²) in [7, 11) is -3.80. The summed E-state index contributed by atoms with van der Waals surface area (Å²) in [4.78, 5) is 12.2. The Morgan fingerprint density at radius 2 is 2.09 bits per heavy atom. The van der Waals surface area contributed by atoms with E-state index in [2.05, 4.69) is 11.4 Å². The van der Waals surface area contributed by atoms with Crippen LogP contribution in [0.15, 0.2) is 34.7 Å². The quantitative estimate of drug-likeness (QED) is 0.815. The molecule has 1 aliphatic carbocycles. The maximum absolute atomic E-state index is 12.2. The van der Waals surface area contributed by atoms with Crippen molar-refractivity contribution in [2.24, 2.45) is 5.14 Å². The molecule has 0 spiro atoms. The number of amides is 1. The first-order valence-electron chi connectivity index (χ1n) is 7.47. The second-order valence-corrected chi connectivity index (χ2v) is 7.20. The Hall–Kier alpha value is -1.66. The molecule has 5 nitrogen and oxygen atoms in total. The van der Waals surface area contributed by atoms with E-state index in [1.807, 2.05) is 0 Å². The normalized spacial score (nSPS) is 15.3. The highest BCUT2D eigenvalue weighted by molar-refractivity contribution is 7.89. The minimum atomic E-state index is -3.80. The first kappa shape index (κ1) is 16.7. The van der Waals surface area contributed by atoms with Crippen molar-refractivity contribution in [1.29, 1.82) is 0 Å². The molecule has 120 valence electrons. The summed E-state index contributed by atoms with van der Waals surface area (Å²) in [6, 6.07) is 4.34. The van der Waals surface area contributed by atoms with Crippen LogP contribution < -0.4 is 10.5 Å². The molecular formula is C16H22N2O3S. The van der Waals surface area contributed by atoms with Gasteiger partial charge in [-0.05, 0) is 56.7 Å². The van der Waals surface area contributed by atoms with E-state index in [0.29, 0.717) is 12.1 Å². The van der Waals surface area contributed by atoms with Crippen LogP contribution in [-0.4, -0.2) is 20.9 Å². The maximum atomic E-state index is 12.2. The van der Waals surface area contributed by atoms with E-state index >= 15 is 0 Å². The van der Waals surface area contributed by atoms with Gasteiger partial charge in [0, 0.05) is 12.1 Å². The molecule has 1 aliphatic rings. The minimum Gasteiger partial charge on any atom is -0.352 e. The monoisotopic (exact) mass is 322 g/mol. The number of allylic oxidation sites excluding steroid dienone is 1. The van der Waals surface area contributed by atoms with Gasteiger partial charge >= 0.3 is 0 Å². The van der Waals surface area contributed by atoms with Crippen LogP contribution in [0.1, 0.15) is 48.0 Å². The van der Waals surface area contributed by atoms with Gasteiger partial charge in [-0.3, -0.25) is 4.79 Å². The molecule has 0 heterocycles. The van der Waals surface area contributed by atoms with Gasteiger partial charge in [-0.1, -0.05) is 17.7 Å². The van der Waals surface area contributed by atoms with E-state index in [4.69, 9.17) is 5.14 Å². The number of primary sulfonamides is 1. The van der Waals surface area contributed by atoms with Crippen molar-refractivity contribution in [3.8, 4) is 0 Å². The molecule has 0 unspecified atom stereocenters. The van der Waals surface area contributed by atoms with Crippen LogP contribution in [0, 0.1) is 6.92 Å². The van der Waals surface area contributed by atoms with Gasteiger partial charge in [-0.15, -0.1) is 0 Å². The number of benzene rings is 1. The van der Waals surface area contributed by atoms with Crippen molar-refractivity contribution in [3.05, 3.63) is 41.0 Å². The lowest BCUT2D eigenvalue weighted by atomic mass is 9.97. The highest BCUT2D eigenvalue weighted by Crippen LogP contribution is 2.19. The number of hydrogen-bond acceptors (Lipinski definition) is 3. The van der Waals surface area contributed by atoms with Gasteiger partial charge in [0.2, 0.25) is 10.0 Å². The van der Waals surface area contributed by atoms with E-state index in [1.54, 1.807) is 13.0 Å². The zero-order valence-electron chi connectivity index (χ0n) is 12.8. The Balaban J connectivity index is 2.01. The molecule has 1 aromatic carbocycles. The number of nitrogens with one attached hydrogen (secondary N) is 1. The first-order valence-corrected chi connectivity index (χ1v) is 9.02. The molecule has 0 aliphatic heterocycles. The van der Waals surface area contributed by atoms with Gasteiger partial charge in [0.05, 0.1) is 4.90 Å². The smallest absolute Gasteiger partial charge is 0.251 e. The van der Waals surface area contributed by atoms with E-state index < -0.39 is 10.0 Å². The van der Waals surface area contributed by atoms with E-state index in [0.717, 1.165) is 24.8 Å². The fourth-order valence-electron chi connectivity index (χ4n) is 2.59. The van der Waals surface area contributed by atoms with Gasteiger partial charge in [0.25, 0.3) is 5.91 Å². The van der Waals surface area contributed by atoms with Gasteiger partial charge in [-0.2, -0.15) is 0 Å². The standard InChI is InChI=1S/C16H22N2O3S/c1-12-7-8-14(22(17,20)21)11-15(12)16(19)18-10-9-13-5-3-2-4-6-13/h5,7-8,11H,2-4,6,9-10H2,1H3,(H,18,19)(H2,17,20,21). The second kappa shape index (κ2) is 7.07. The molecule has 0 fully saturated rings. The molecule has 3 N–H and O–H groups in total. The van der Waals surface area contributed by atoms with Crippen LogP contribution in [0.4, 0.5) is 0 Å². The minimum absolute atomic E-state index is 0.0433. The summed E-state index contributed by atoms with van der Waals surface area (Å²) in [5.41, 5.74) is 2.47. The zero-order chi connectivity index (χ0) is 16.2. The Labute approximate surface area is 131 Å². The highest BCUT2D eigenvalue weighted by Gasteiger charge is 2.14. The van der Waals surface area contributed by atoms with E-state index in [1.165, 1.54) is 30.5 Å². The second-order valence-electron chi connectivity index (χ2n) is 5.64. The van der Waals surface area contributed by atoms with Crippen LogP contribution in [0.5, 0.6) is 0 Å². The lowest BCUT2D eigenvalue weighted by molar-refractivity contribution is 0.0953. The molecule has 1 aromatic rings. The van der Waals surface area contributed by atoms with Crippen LogP contribution in [0.3, 0.4) is 0 Å². The number of rotatable bonds is 5. The SMILES string of the molecule is Cc1ccc(S(N)(=O)=O)cc1C(=O)NCCC1=CCCCC1. The molecule has 0 aromatic heterocycles. The summed E-state index contributed by atoms with van der Waals surface area (Å²) in [5.74, 6) is -0.264. The van der Waals surface area contributed by atoms with Gasteiger partial charge in [0.15, 0.2) is 0 Å². The molecule has 0 saturated heterocycles. The fourth-order valence-corrected chi connectivity index (χ4v) is 3.13. The molecule has 1 amide bonds. The van der Waals surface area contributed by atoms with Crippen molar-refractivity contribution in [2.75, 3.05) is 6.54 Å². The molecule has 0 saturated carbocycles.